The summed E-state index contributed by atoms with van der Waals surface area (Å²) in [5.41, 5.74) is 11.3. The van der Waals surface area contributed by atoms with Gasteiger partial charge in [0.25, 0.3) is 0 Å². The average Bonchev–Trinajstić information content (AvgIpc) is 2.87. The number of carbonyl (C=O) groups is 2. The molecule has 0 fully saturated rings. The predicted octanol–water partition coefficient (Wildman–Crippen LogP) is 3.90. The SMILES string of the molecule is COC(=O)c1ccc(COc2ccc(CC(N)C(=O)N3Cc4ccccc4CC3C)cc2)cc1. The van der Waals surface area contributed by atoms with Crippen molar-refractivity contribution in [3.8, 4) is 5.75 Å². The Kier molecular flexibility index (Phi) is 7.28. The first-order chi connectivity index (χ1) is 16.4. The van der Waals surface area contributed by atoms with E-state index >= 15 is 0 Å². The number of hydrogen-bond donors (Lipinski definition) is 1. The highest BCUT2D eigenvalue weighted by atomic mass is 16.5. The fraction of sp³-hybridized carbons (Fsp3) is 0.286. The van der Waals surface area contributed by atoms with E-state index in [9.17, 15) is 9.59 Å². The second-order valence-corrected chi connectivity index (χ2v) is 8.72. The van der Waals surface area contributed by atoms with Crippen LogP contribution >= 0.6 is 0 Å². The van der Waals surface area contributed by atoms with Gasteiger partial charge in [0.05, 0.1) is 18.7 Å². The van der Waals surface area contributed by atoms with Gasteiger partial charge in [0, 0.05) is 12.6 Å². The predicted molar refractivity (Wildman–Crippen MR) is 130 cm³/mol. The van der Waals surface area contributed by atoms with Crippen molar-refractivity contribution in [1.29, 1.82) is 0 Å². The van der Waals surface area contributed by atoms with Crippen LogP contribution in [0.3, 0.4) is 0 Å². The van der Waals surface area contributed by atoms with Gasteiger partial charge in [-0.05, 0) is 66.3 Å². The summed E-state index contributed by atoms with van der Waals surface area (Å²) in [6.45, 7) is 3.07. The lowest BCUT2D eigenvalue weighted by atomic mass is 9.93. The zero-order chi connectivity index (χ0) is 24.1. The van der Waals surface area contributed by atoms with Crippen molar-refractivity contribution in [2.24, 2.45) is 5.73 Å². The van der Waals surface area contributed by atoms with E-state index in [2.05, 4.69) is 19.1 Å². The van der Waals surface area contributed by atoms with Gasteiger partial charge in [-0.25, -0.2) is 4.79 Å². The van der Waals surface area contributed by atoms with Gasteiger partial charge in [-0.3, -0.25) is 4.79 Å². The third-order valence-electron chi connectivity index (χ3n) is 6.27. The summed E-state index contributed by atoms with van der Waals surface area (Å²) in [5.74, 6) is 0.346. The molecule has 1 aliphatic heterocycles. The van der Waals surface area contributed by atoms with Crippen LogP contribution in [0.1, 0.15) is 39.5 Å². The molecule has 3 aromatic carbocycles. The van der Waals surface area contributed by atoms with Crippen LogP contribution in [0.4, 0.5) is 0 Å². The van der Waals surface area contributed by atoms with Crippen LogP contribution in [-0.2, 0) is 35.5 Å². The minimum absolute atomic E-state index is 0.0160. The number of rotatable bonds is 7. The molecular formula is C28H30N2O4. The second kappa shape index (κ2) is 10.5. The number of nitrogens with zero attached hydrogens (tertiary/aromatic N) is 1. The number of ether oxygens (including phenoxy) is 2. The van der Waals surface area contributed by atoms with Crippen LogP contribution in [0.25, 0.3) is 0 Å². The molecule has 0 spiro atoms. The zero-order valence-electron chi connectivity index (χ0n) is 19.6. The average molecular weight is 459 g/mol. The van der Waals surface area contributed by atoms with Gasteiger partial charge in [-0.1, -0.05) is 48.5 Å². The Balaban J connectivity index is 1.31. The smallest absolute Gasteiger partial charge is 0.337 e. The zero-order valence-corrected chi connectivity index (χ0v) is 19.6. The molecule has 34 heavy (non-hydrogen) atoms. The van der Waals surface area contributed by atoms with E-state index in [0.29, 0.717) is 25.1 Å². The second-order valence-electron chi connectivity index (χ2n) is 8.72. The van der Waals surface area contributed by atoms with Crippen LogP contribution in [0.5, 0.6) is 5.75 Å². The summed E-state index contributed by atoms with van der Waals surface area (Å²) in [7, 11) is 1.36. The molecule has 1 heterocycles. The number of fused-ring (bicyclic) bond motifs is 1. The molecule has 0 radical (unpaired) electrons. The lowest BCUT2D eigenvalue weighted by molar-refractivity contribution is -0.135. The molecule has 1 amide bonds. The van der Waals surface area contributed by atoms with Gasteiger partial charge in [-0.15, -0.1) is 0 Å². The van der Waals surface area contributed by atoms with Crippen molar-refractivity contribution in [3.63, 3.8) is 0 Å². The van der Waals surface area contributed by atoms with Gasteiger partial charge < -0.3 is 20.1 Å². The number of benzene rings is 3. The van der Waals surface area contributed by atoms with Gasteiger partial charge in [-0.2, -0.15) is 0 Å². The Morgan fingerprint density at radius 1 is 0.971 bits per heavy atom. The van der Waals surface area contributed by atoms with E-state index in [1.54, 1.807) is 12.1 Å². The maximum absolute atomic E-state index is 13.1. The van der Waals surface area contributed by atoms with E-state index in [4.69, 9.17) is 15.2 Å². The summed E-state index contributed by atoms with van der Waals surface area (Å²) in [4.78, 5) is 26.5. The summed E-state index contributed by atoms with van der Waals surface area (Å²) in [6.07, 6.45) is 1.32. The van der Waals surface area contributed by atoms with Crippen LogP contribution < -0.4 is 10.5 Å². The number of amides is 1. The van der Waals surface area contributed by atoms with Crippen molar-refractivity contribution in [2.45, 2.75) is 45.0 Å². The number of esters is 1. The Bertz CT molecular complexity index is 1140. The molecule has 4 rings (SSSR count). The van der Waals surface area contributed by atoms with Crippen molar-refractivity contribution in [3.05, 3.63) is 101 Å². The first kappa shape index (κ1) is 23.5. The topological polar surface area (TPSA) is 81.9 Å². The van der Waals surface area contributed by atoms with Gasteiger partial charge in [0.2, 0.25) is 5.91 Å². The van der Waals surface area contributed by atoms with Crippen molar-refractivity contribution in [1.82, 2.24) is 4.90 Å². The molecule has 0 aliphatic carbocycles. The largest absolute Gasteiger partial charge is 0.489 e. The molecule has 2 N–H and O–H groups in total. The van der Waals surface area contributed by atoms with E-state index in [1.165, 1.54) is 18.2 Å². The molecule has 0 saturated carbocycles. The third kappa shape index (κ3) is 5.46. The van der Waals surface area contributed by atoms with Crippen molar-refractivity contribution >= 4 is 11.9 Å². The maximum atomic E-state index is 13.1. The Morgan fingerprint density at radius 3 is 2.29 bits per heavy atom. The standard InChI is InChI=1S/C28H30N2O4/c1-19-15-23-5-3-4-6-24(23)17-30(19)27(31)26(29)16-20-9-13-25(14-10-20)34-18-21-7-11-22(12-8-21)28(32)33-2/h3-14,19,26H,15-18,29H2,1-2H3. The van der Waals surface area contributed by atoms with Crippen molar-refractivity contribution < 1.29 is 19.1 Å². The third-order valence-corrected chi connectivity index (χ3v) is 6.27. The Morgan fingerprint density at radius 2 is 1.62 bits per heavy atom. The minimum atomic E-state index is -0.590. The quantitative estimate of drug-likeness (QED) is 0.543. The van der Waals surface area contributed by atoms with E-state index in [0.717, 1.165) is 23.3 Å². The summed E-state index contributed by atoms with van der Waals surface area (Å²) in [5, 5.41) is 0. The minimum Gasteiger partial charge on any atom is -0.489 e. The Hall–Kier alpha value is -3.64. The molecule has 0 aromatic heterocycles. The highest BCUT2D eigenvalue weighted by molar-refractivity contribution is 5.89. The summed E-state index contributed by atoms with van der Waals surface area (Å²) < 4.78 is 10.6. The lowest BCUT2D eigenvalue weighted by Crippen LogP contribution is -2.50. The number of methoxy groups -OCH3 is 1. The van der Waals surface area contributed by atoms with Crippen LogP contribution in [0.15, 0.2) is 72.8 Å². The number of hydrogen-bond acceptors (Lipinski definition) is 5. The van der Waals surface area contributed by atoms with Crippen LogP contribution in [0, 0.1) is 0 Å². The fourth-order valence-corrected chi connectivity index (χ4v) is 4.27. The molecule has 0 saturated heterocycles. The highest BCUT2D eigenvalue weighted by Gasteiger charge is 2.29. The first-order valence-corrected chi connectivity index (χ1v) is 11.5. The normalized spacial score (nSPS) is 15.9. The Labute approximate surface area is 200 Å². The number of carbonyl (C=O) groups excluding carboxylic acids is 2. The molecule has 3 aromatic rings. The number of nitrogens with two attached hydrogens (primary N) is 1. The van der Waals surface area contributed by atoms with Crippen molar-refractivity contribution in [2.75, 3.05) is 7.11 Å². The molecule has 2 unspecified atom stereocenters. The van der Waals surface area contributed by atoms with E-state index in [1.807, 2.05) is 53.4 Å². The van der Waals surface area contributed by atoms with E-state index in [-0.39, 0.29) is 17.9 Å². The molecule has 176 valence electrons. The maximum Gasteiger partial charge on any atom is 0.337 e. The summed E-state index contributed by atoms with van der Waals surface area (Å²) >= 11 is 0. The molecule has 6 nitrogen and oxygen atoms in total. The molecule has 0 bridgehead atoms. The molecular weight excluding hydrogens is 428 g/mol. The van der Waals surface area contributed by atoms with E-state index < -0.39 is 6.04 Å². The van der Waals surface area contributed by atoms with Crippen LogP contribution in [-0.4, -0.2) is 36.0 Å². The fourth-order valence-electron chi connectivity index (χ4n) is 4.27. The highest BCUT2D eigenvalue weighted by Crippen LogP contribution is 2.24. The summed E-state index contributed by atoms with van der Waals surface area (Å²) in [6, 6.07) is 22.6. The lowest BCUT2D eigenvalue weighted by Gasteiger charge is -2.36. The van der Waals surface area contributed by atoms with Crippen LogP contribution in [0.2, 0.25) is 0 Å². The molecule has 2 atom stereocenters. The molecule has 6 heteroatoms. The monoisotopic (exact) mass is 458 g/mol. The first-order valence-electron chi connectivity index (χ1n) is 11.5. The van der Waals surface area contributed by atoms with Gasteiger partial charge in [0.15, 0.2) is 0 Å². The van der Waals surface area contributed by atoms with Gasteiger partial charge in [0.1, 0.15) is 12.4 Å². The van der Waals surface area contributed by atoms with Gasteiger partial charge >= 0.3 is 5.97 Å². The molecule has 1 aliphatic rings.